The number of piperazine rings is 1. The molecule has 0 unspecified atom stereocenters. The smallest absolute Gasteiger partial charge is 0.252 e. The van der Waals surface area contributed by atoms with Crippen LogP contribution in [0.2, 0.25) is 0 Å². The zero-order valence-corrected chi connectivity index (χ0v) is 15.2. The Kier molecular flexibility index (Phi) is 5.84. The molecular weight excluding hydrogens is 330 g/mol. The highest BCUT2D eigenvalue weighted by atomic mass is 32.2. The molecule has 1 heterocycles. The summed E-state index contributed by atoms with van der Waals surface area (Å²) in [5.41, 5.74) is 5.44. The highest BCUT2D eigenvalue weighted by molar-refractivity contribution is 7.89. The van der Waals surface area contributed by atoms with Crippen LogP contribution in [0.3, 0.4) is 0 Å². The Bertz CT molecular complexity index is 695. The lowest BCUT2D eigenvalue weighted by molar-refractivity contribution is 0.0996. The summed E-state index contributed by atoms with van der Waals surface area (Å²) in [5, 5.41) is 0. The molecule has 1 aliphatic rings. The Morgan fingerprint density at radius 1 is 1.25 bits per heavy atom. The van der Waals surface area contributed by atoms with Crippen molar-refractivity contribution in [2.75, 3.05) is 32.8 Å². The monoisotopic (exact) mass is 355 g/mol. The average molecular weight is 355 g/mol. The van der Waals surface area contributed by atoms with Crippen LogP contribution in [0.15, 0.2) is 23.1 Å². The molecular formula is C16H25N3O4S. The van der Waals surface area contributed by atoms with Gasteiger partial charge in [0.15, 0.2) is 0 Å². The molecule has 0 atom stereocenters. The molecule has 0 radical (unpaired) electrons. The Hall–Kier alpha value is -1.64. The number of rotatable bonds is 6. The van der Waals surface area contributed by atoms with Crippen LogP contribution < -0.4 is 10.5 Å². The van der Waals surface area contributed by atoms with Gasteiger partial charge in [0, 0.05) is 32.2 Å². The van der Waals surface area contributed by atoms with Gasteiger partial charge in [-0.25, -0.2) is 8.42 Å². The van der Waals surface area contributed by atoms with Gasteiger partial charge in [-0.15, -0.1) is 0 Å². The van der Waals surface area contributed by atoms with Crippen LogP contribution in [0.4, 0.5) is 0 Å². The van der Waals surface area contributed by atoms with E-state index in [2.05, 4.69) is 18.7 Å². The molecule has 1 saturated heterocycles. The quantitative estimate of drug-likeness (QED) is 0.818. The first kappa shape index (κ1) is 18.7. The van der Waals surface area contributed by atoms with Gasteiger partial charge in [0.1, 0.15) is 5.75 Å². The van der Waals surface area contributed by atoms with E-state index in [-0.39, 0.29) is 10.5 Å². The van der Waals surface area contributed by atoms with Crippen molar-refractivity contribution >= 4 is 15.9 Å². The number of amides is 1. The number of hydrogen-bond acceptors (Lipinski definition) is 5. The number of hydrogen-bond donors (Lipinski definition) is 1. The van der Waals surface area contributed by atoms with E-state index in [1.165, 1.54) is 22.5 Å². The third-order valence-electron chi connectivity index (χ3n) is 4.16. The van der Waals surface area contributed by atoms with E-state index in [1.807, 2.05) is 0 Å². The standard InChI is InChI=1S/C16H25N3O4S/c1-4-23-15-6-5-13(11-14(15)16(17)20)24(21,22)19-9-7-18(8-10-19)12(2)3/h5-6,11-12H,4,7-10H2,1-3H3,(H2,17,20). The molecule has 0 saturated carbocycles. The van der Waals surface area contributed by atoms with Crippen LogP contribution in [0.5, 0.6) is 5.75 Å². The van der Waals surface area contributed by atoms with Gasteiger partial charge in [0.2, 0.25) is 10.0 Å². The van der Waals surface area contributed by atoms with Crippen molar-refractivity contribution in [2.45, 2.75) is 31.7 Å². The largest absolute Gasteiger partial charge is 0.493 e. The topological polar surface area (TPSA) is 92.9 Å². The van der Waals surface area contributed by atoms with Crippen LogP contribution in [-0.2, 0) is 10.0 Å². The molecule has 7 nitrogen and oxygen atoms in total. The summed E-state index contributed by atoms with van der Waals surface area (Å²) in [4.78, 5) is 13.9. The third-order valence-corrected chi connectivity index (χ3v) is 6.05. The van der Waals surface area contributed by atoms with Crippen molar-refractivity contribution < 1.29 is 17.9 Å². The molecule has 0 aromatic heterocycles. The van der Waals surface area contributed by atoms with Crippen molar-refractivity contribution in [1.82, 2.24) is 9.21 Å². The number of sulfonamides is 1. The molecule has 134 valence electrons. The fraction of sp³-hybridized carbons (Fsp3) is 0.562. The molecule has 2 N–H and O–H groups in total. The second-order valence-electron chi connectivity index (χ2n) is 5.99. The van der Waals surface area contributed by atoms with E-state index in [0.717, 1.165) is 0 Å². The summed E-state index contributed by atoms with van der Waals surface area (Å²) in [6.07, 6.45) is 0. The van der Waals surface area contributed by atoms with Gasteiger partial charge in [-0.3, -0.25) is 9.69 Å². The van der Waals surface area contributed by atoms with Gasteiger partial charge in [0.25, 0.3) is 5.91 Å². The van der Waals surface area contributed by atoms with E-state index in [9.17, 15) is 13.2 Å². The van der Waals surface area contributed by atoms with Crippen LogP contribution in [0.1, 0.15) is 31.1 Å². The highest BCUT2D eigenvalue weighted by Crippen LogP contribution is 2.25. The second-order valence-corrected chi connectivity index (χ2v) is 7.93. The second kappa shape index (κ2) is 7.50. The fourth-order valence-electron chi connectivity index (χ4n) is 2.75. The predicted molar refractivity (Wildman–Crippen MR) is 91.6 cm³/mol. The van der Waals surface area contributed by atoms with Gasteiger partial charge in [-0.2, -0.15) is 4.31 Å². The Morgan fingerprint density at radius 3 is 2.38 bits per heavy atom. The van der Waals surface area contributed by atoms with Crippen molar-refractivity contribution in [1.29, 1.82) is 0 Å². The zero-order valence-electron chi connectivity index (χ0n) is 14.4. The minimum absolute atomic E-state index is 0.0674. The van der Waals surface area contributed by atoms with Gasteiger partial charge in [-0.1, -0.05) is 0 Å². The average Bonchev–Trinajstić information content (AvgIpc) is 2.55. The maximum Gasteiger partial charge on any atom is 0.252 e. The third kappa shape index (κ3) is 3.88. The summed E-state index contributed by atoms with van der Waals surface area (Å²) in [5.74, 6) is -0.409. The SMILES string of the molecule is CCOc1ccc(S(=O)(=O)N2CCN(C(C)C)CC2)cc1C(N)=O. The first-order chi connectivity index (χ1) is 11.3. The lowest BCUT2D eigenvalue weighted by Gasteiger charge is -2.36. The van der Waals surface area contributed by atoms with Gasteiger partial charge in [0.05, 0.1) is 17.1 Å². The number of nitrogens with two attached hydrogens (primary N) is 1. The molecule has 24 heavy (non-hydrogen) atoms. The van der Waals surface area contributed by atoms with Gasteiger partial charge < -0.3 is 10.5 Å². The Morgan fingerprint density at radius 2 is 1.88 bits per heavy atom. The number of primary amides is 1. The lowest BCUT2D eigenvalue weighted by atomic mass is 10.2. The number of ether oxygens (including phenoxy) is 1. The Labute approximate surface area is 143 Å². The molecule has 1 aromatic rings. The van der Waals surface area contributed by atoms with Crippen molar-refractivity contribution in [3.8, 4) is 5.75 Å². The summed E-state index contributed by atoms with van der Waals surface area (Å²) >= 11 is 0. The Balaban J connectivity index is 2.27. The number of nitrogens with zero attached hydrogens (tertiary/aromatic N) is 2. The molecule has 1 aliphatic heterocycles. The summed E-state index contributed by atoms with van der Waals surface area (Å²) in [6, 6.07) is 4.64. The molecule has 0 bridgehead atoms. The maximum atomic E-state index is 12.8. The summed E-state index contributed by atoms with van der Waals surface area (Å²) in [7, 11) is -3.66. The maximum absolute atomic E-state index is 12.8. The van der Waals surface area contributed by atoms with Crippen LogP contribution in [-0.4, -0.2) is 62.4 Å². The zero-order chi connectivity index (χ0) is 17.9. The van der Waals surface area contributed by atoms with E-state index < -0.39 is 15.9 Å². The van der Waals surface area contributed by atoms with Crippen LogP contribution >= 0.6 is 0 Å². The molecule has 1 aromatic carbocycles. The molecule has 2 rings (SSSR count). The molecule has 0 aliphatic carbocycles. The van der Waals surface area contributed by atoms with Crippen LogP contribution in [0.25, 0.3) is 0 Å². The molecule has 0 spiro atoms. The predicted octanol–water partition coefficient (Wildman–Crippen LogP) is 0.899. The first-order valence-electron chi connectivity index (χ1n) is 8.08. The van der Waals surface area contributed by atoms with Crippen molar-refractivity contribution in [3.63, 3.8) is 0 Å². The van der Waals surface area contributed by atoms with Crippen molar-refractivity contribution in [3.05, 3.63) is 23.8 Å². The van der Waals surface area contributed by atoms with Crippen LogP contribution in [0, 0.1) is 0 Å². The number of carbonyl (C=O) groups excluding carboxylic acids is 1. The molecule has 1 fully saturated rings. The van der Waals surface area contributed by atoms with Gasteiger partial charge in [-0.05, 0) is 39.0 Å². The van der Waals surface area contributed by atoms with E-state index in [4.69, 9.17) is 10.5 Å². The van der Waals surface area contributed by atoms with E-state index >= 15 is 0 Å². The number of benzene rings is 1. The minimum Gasteiger partial charge on any atom is -0.493 e. The molecule has 1 amide bonds. The van der Waals surface area contributed by atoms with E-state index in [0.29, 0.717) is 44.6 Å². The molecule has 8 heteroatoms. The summed E-state index contributed by atoms with van der Waals surface area (Å²) in [6.45, 7) is 8.57. The highest BCUT2D eigenvalue weighted by Gasteiger charge is 2.30. The van der Waals surface area contributed by atoms with E-state index in [1.54, 1.807) is 6.92 Å². The summed E-state index contributed by atoms with van der Waals surface area (Å²) < 4.78 is 32.4. The van der Waals surface area contributed by atoms with Crippen molar-refractivity contribution in [2.24, 2.45) is 5.73 Å². The minimum atomic E-state index is -3.66. The van der Waals surface area contributed by atoms with Gasteiger partial charge >= 0.3 is 0 Å². The normalized spacial score (nSPS) is 17.2. The first-order valence-corrected chi connectivity index (χ1v) is 9.52. The number of carbonyl (C=O) groups is 1. The lowest BCUT2D eigenvalue weighted by Crippen LogP contribution is -2.50. The fourth-order valence-corrected chi connectivity index (χ4v) is 4.20.